The molecule has 0 aromatic heterocycles. The summed E-state index contributed by atoms with van der Waals surface area (Å²) in [5.41, 5.74) is 1.63. The molecule has 2 saturated heterocycles. The summed E-state index contributed by atoms with van der Waals surface area (Å²) in [6.07, 6.45) is 2.61. The molecule has 2 aliphatic rings. The minimum Gasteiger partial charge on any atom is -0.304 e. The van der Waals surface area contributed by atoms with Gasteiger partial charge in [-0.05, 0) is 69.4 Å². The lowest BCUT2D eigenvalue weighted by Gasteiger charge is -2.54. The van der Waals surface area contributed by atoms with Gasteiger partial charge in [-0.1, -0.05) is 19.1 Å². The second kappa shape index (κ2) is 6.77. The smallest absolute Gasteiger partial charge is 0.180 e. The third kappa shape index (κ3) is 3.53. The number of likely N-dealkylation sites (tertiary alicyclic amines) is 2. The fraction of sp³-hybridized carbons (Fsp3) is 0.684. The molecule has 3 rings (SSSR count). The maximum absolute atomic E-state index is 12.3. The Morgan fingerprint density at radius 1 is 1.12 bits per heavy atom. The zero-order valence-electron chi connectivity index (χ0n) is 15.2. The van der Waals surface area contributed by atoms with E-state index in [9.17, 15) is 8.42 Å². The van der Waals surface area contributed by atoms with E-state index in [2.05, 4.69) is 16.7 Å². The summed E-state index contributed by atoms with van der Waals surface area (Å²) >= 11 is 0. The summed E-state index contributed by atoms with van der Waals surface area (Å²) in [6.45, 7) is 12.5. The van der Waals surface area contributed by atoms with Crippen LogP contribution in [0, 0.1) is 5.41 Å². The van der Waals surface area contributed by atoms with Crippen LogP contribution in [0.2, 0.25) is 0 Å². The Hall–Kier alpha value is -0.910. The molecule has 24 heavy (non-hydrogen) atoms. The number of hydrogen-bond acceptors (Lipinski definition) is 4. The molecule has 0 atom stereocenters. The summed E-state index contributed by atoms with van der Waals surface area (Å²) in [5, 5.41) is -0.372. The van der Waals surface area contributed by atoms with Crippen LogP contribution in [0.15, 0.2) is 29.2 Å². The van der Waals surface area contributed by atoms with Crippen molar-refractivity contribution in [2.24, 2.45) is 5.41 Å². The van der Waals surface area contributed by atoms with Gasteiger partial charge >= 0.3 is 0 Å². The van der Waals surface area contributed by atoms with Crippen molar-refractivity contribution in [2.45, 2.75) is 50.3 Å². The molecule has 0 saturated carbocycles. The molecule has 1 aromatic rings. The maximum atomic E-state index is 12.3. The van der Waals surface area contributed by atoms with E-state index in [1.54, 1.807) is 19.9 Å². The number of hydrogen-bond donors (Lipinski definition) is 0. The van der Waals surface area contributed by atoms with E-state index in [-0.39, 0.29) is 5.25 Å². The van der Waals surface area contributed by atoms with Crippen molar-refractivity contribution in [1.82, 2.24) is 9.80 Å². The first kappa shape index (κ1) is 17.9. The van der Waals surface area contributed by atoms with Gasteiger partial charge in [0.1, 0.15) is 0 Å². The Balaban J connectivity index is 1.59. The van der Waals surface area contributed by atoms with E-state index in [0.29, 0.717) is 10.3 Å². The van der Waals surface area contributed by atoms with Gasteiger partial charge in [-0.25, -0.2) is 8.42 Å². The van der Waals surface area contributed by atoms with E-state index < -0.39 is 9.84 Å². The summed E-state index contributed by atoms with van der Waals surface area (Å²) in [6, 6.07) is 7.50. The molecular formula is C19H30N2O2S. The SMILES string of the molecule is CCN1CCC2(CC1)CN(Cc1cccc(S(=O)(=O)C(C)C)c1)C2. The Kier molecular flexibility index (Phi) is 5.05. The lowest BCUT2D eigenvalue weighted by Crippen LogP contribution is -2.59. The van der Waals surface area contributed by atoms with Gasteiger partial charge in [0.05, 0.1) is 10.1 Å². The topological polar surface area (TPSA) is 40.6 Å². The molecule has 134 valence electrons. The average Bonchev–Trinajstić information content (AvgIpc) is 2.54. The first-order valence-corrected chi connectivity index (χ1v) is 10.7. The second-order valence-electron chi connectivity index (χ2n) is 7.82. The summed E-state index contributed by atoms with van der Waals surface area (Å²) in [5.74, 6) is 0. The van der Waals surface area contributed by atoms with Crippen molar-refractivity contribution in [1.29, 1.82) is 0 Å². The average molecular weight is 351 g/mol. The molecule has 0 unspecified atom stereocenters. The highest BCUT2D eigenvalue weighted by molar-refractivity contribution is 7.92. The molecule has 5 heteroatoms. The summed E-state index contributed by atoms with van der Waals surface area (Å²) in [4.78, 5) is 5.46. The van der Waals surface area contributed by atoms with Crippen LogP contribution in [0.3, 0.4) is 0 Å². The van der Waals surface area contributed by atoms with Crippen molar-refractivity contribution in [3.8, 4) is 0 Å². The number of sulfone groups is 1. The van der Waals surface area contributed by atoms with Crippen LogP contribution in [0.25, 0.3) is 0 Å². The van der Waals surface area contributed by atoms with Gasteiger partial charge in [-0.2, -0.15) is 0 Å². The zero-order valence-corrected chi connectivity index (χ0v) is 16.0. The Labute approximate surface area is 146 Å². The van der Waals surface area contributed by atoms with Crippen molar-refractivity contribution in [3.05, 3.63) is 29.8 Å². The molecule has 4 nitrogen and oxygen atoms in total. The van der Waals surface area contributed by atoms with Crippen LogP contribution >= 0.6 is 0 Å². The molecule has 1 spiro atoms. The van der Waals surface area contributed by atoms with Gasteiger partial charge in [-0.3, -0.25) is 4.90 Å². The molecule has 2 heterocycles. The fourth-order valence-electron chi connectivity index (χ4n) is 4.03. The van der Waals surface area contributed by atoms with Gasteiger partial charge < -0.3 is 4.90 Å². The monoisotopic (exact) mass is 350 g/mol. The number of rotatable bonds is 5. The fourth-order valence-corrected chi connectivity index (χ4v) is 5.15. The van der Waals surface area contributed by atoms with Crippen molar-refractivity contribution >= 4 is 9.84 Å². The van der Waals surface area contributed by atoms with Crippen molar-refractivity contribution in [2.75, 3.05) is 32.7 Å². The Bertz CT molecular complexity index is 668. The first-order valence-electron chi connectivity index (χ1n) is 9.12. The predicted molar refractivity (Wildman–Crippen MR) is 97.8 cm³/mol. The standard InChI is InChI=1S/C19H30N2O2S/c1-4-20-10-8-19(9-11-20)14-21(15-19)13-17-6-5-7-18(12-17)24(22,23)16(2)3/h5-7,12,16H,4,8-11,13-15H2,1-3H3. The van der Waals surface area contributed by atoms with E-state index >= 15 is 0 Å². The highest BCUT2D eigenvalue weighted by atomic mass is 32.2. The van der Waals surface area contributed by atoms with Crippen molar-refractivity contribution in [3.63, 3.8) is 0 Å². The number of piperidine rings is 1. The molecule has 0 amide bonds. The summed E-state index contributed by atoms with van der Waals surface area (Å²) < 4.78 is 24.7. The number of nitrogens with zero attached hydrogens (tertiary/aromatic N) is 2. The third-order valence-corrected chi connectivity index (χ3v) is 7.89. The van der Waals surface area contributed by atoms with E-state index in [0.717, 1.165) is 31.7 Å². The Morgan fingerprint density at radius 3 is 2.38 bits per heavy atom. The van der Waals surface area contributed by atoms with Gasteiger partial charge in [0.15, 0.2) is 9.84 Å². The summed E-state index contributed by atoms with van der Waals surface area (Å²) in [7, 11) is -3.18. The van der Waals surface area contributed by atoms with E-state index in [1.165, 1.54) is 25.9 Å². The predicted octanol–water partition coefficient (Wildman–Crippen LogP) is 2.79. The van der Waals surface area contributed by atoms with E-state index in [1.807, 2.05) is 18.2 Å². The Morgan fingerprint density at radius 2 is 1.79 bits per heavy atom. The molecule has 0 N–H and O–H groups in total. The lowest BCUT2D eigenvalue weighted by molar-refractivity contribution is -0.0502. The highest BCUT2D eigenvalue weighted by Crippen LogP contribution is 2.41. The maximum Gasteiger partial charge on any atom is 0.180 e. The van der Waals surface area contributed by atoms with Crippen LogP contribution in [-0.2, 0) is 16.4 Å². The molecule has 1 aromatic carbocycles. The quantitative estimate of drug-likeness (QED) is 0.819. The first-order chi connectivity index (χ1) is 11.3. The minimum absolute atomic E-state index is 0.372. The van der Waals surface area contributed by atoms with Gasteiger partial charge in [0.25, 0.3) is 0 Å². The van der Waals surface area contributed by atoms with Gasteiger partial charge in [0, 0.05) is 19.6 Å². The molecule has 2 fully saturated rings. The van der Waals surface area contributed by atoms with E-state index in [4.69, 9.17) is 0 Å². The van der Waals surface area contributed by atoms with Crippen molar-refractivity contribution < 1.29 is 8.42 Å². The molecule has 0 aliphatic carbocycles. The zero-order chi connectivity index (χ0) is 17.4. The largest absolute Gasteiger partial charge is 0.304 e. The number of benzene rings is 1. The third-order valence-electron chi connectivity index (χ3n) is 5.74. The highest BCUT2D eigenvalue weighted by Gasteiger charge is 2.44. The van der Waals surface area contributed by atoms with Crippen LogP contribution in [0.5, 0.6) is 0 Å². The normalized spacial score (nSPS) is 22.0. The van der Waals surface area contributed by atoms with Crippen LogP contribution < -0.4 is 0 Å². The van der Waals surface area contributed by atoms with Gasteiger partial charge in [-0.15, -0.1) is 0 Å². The van der Waals surface area contributed by atoms with Crippen LogP contribution in [0.4, 0.5) is 0 Å². The second-order valence-corrected chi connectivity index (χ2v) is 10.3. The molecule has 0 bridgehead atoms. The van der Waals surface area contributed by atoms with Gasteiger partial charge in [0.2, 0.25) is 0 Å². The van der Waals surface area contributed by atoms with Crippen LogP contribution in [-0.4, -0.2) is 56.2 Å². The minimum atomic E-state index is -3.18. The molecular weight excluding hydrogens is 320 g/mol. The van der Waals surface area contributed by atoms with Crippen LogP contribution in [0.1, 0.15) is 39.2 Å². The lowest BCUT2D eigenvalue weighted by atomic mass is 9.72. The molecule has 2 aliphatic heterocycles. The molecule has 0 radical (unpaired) electrons.